The van der Waals surface area contributed by atoms with Crippen LogP contribution in [0.4, 0.5) is 21.0 Å². The van der Waals surface area contributed by atoms with Crippen molar-refractivity contribution in [2.75, 3.05) is 65.1 Å². The quantitative estimate of drug-likeness (QED) is 0.753. The molecular formula is C16H26N4O4. The summed E-state index contributed by atoms with van der Waals surface area (Å²) in [5.41, 5.74) is 1.16. The third-order valence-electron chi connectivity index (χ3n) is 2.92. The highest BCUT2D eigenvalue weighted by atomic mass is 16.6. The van der Waals surface area contributed by atoms with Crippen LogP contribution in [-0.2, 0) is 9.47 Å². The number of anilines is 2. The normalized spacial score (nSPS) is 10.6. The highest BCUT2D eigenvalue weighted by Gasteiger charge is 2.06. The standard InChI is InChI=1S/C16H26N4O4/c1-19(2)9-11-23-15(21)17-13-5-7-14(8-6-13)18-16(22)24-12-10-20(3)4/h5-8H,9-12H2,1-4H3,(H,17,21)(H,18,22). The van der Waals surface area contributed by atoms with Crippen molar-refractivity contribution in [2.45, 2.75) is 0 Å². The Balaban J connectivity index is 2.34. The number of carbonyl (C=O) groups is 2. The molecule has 0 radical (unpaired) electrons. The average molecular weight is 338 g/mol. The molecular weight excluding hydrogens is 312 g/mol. The lowest BCUT2D eigenvalue weighted by atomic mass is 10.3. The first-order valence-corrected chi connectivity index (χ1v) is 7.64. The lowest BCUT2D eigenvalue weighted by molar-refractivity contribution is 0.150. The van der Waals surface area contributed by atoms with E-state index >= 15 is 0 Å². The SMILES string of the molecule is CN(C)CCOC(=O)Nc1ccc(NC(=O)OCCN(C)C)cc1. The molecule has 0 saturated heterocycles. The fourth-order valence-electron chi connectivity index (χ4n) is 1.59. The van der Waals surface area contributed by atoms with Crippen LogP contribution >= 0.6 is 0 Å². The molecule has 8 heteroatoms. The second-order valence-corrected chi connectivity index (χ2v) is 5.71. The maximum Gasteiger partial charge on any atom is 0.411 e. The molecule has 1 aromatic rings. The molecule has 0 aromatic heterocycles. The summed E-state index contributed by atoms with van der Waals surface area (Å²) in [4.78, 5) is 27.0. The number of benzene rings is 1. The summed E-state index contributed by atoms with van der Waals surface area (Å²) in [5, 5.41) is 5.23. The van der Waals surface area contributed by atoms with E-state index < -0.39 is 12.2 Å². The Kier molecular flexibility index (Phi) is 8.59. The zero-order chi connectivity index (χ0) is 17.9. The fraction of sp³-hybridized carbons (Fsp3) is 0.500. The molecule has 0 aliphatic heterocycles. The first-order chi connectivity index (χ1) is 11.4. The van der Waals surface area contributed by atoms with E-state index in [0.29, 0.717) is 37.7 Å². The summed E-state index contributed by atoms with van der Waals surface area (Å²) in [6.45, 7) is 1.95. The summed E-state index contributed by atoms with van der Waals surface area (Å²) in [6, 6.07) is 6.68. The molecule has 0 aliphatic rings. The van der Waals surface area contributed by atoms with Crippen molar-refractivity contribution in [1.29, 1.82) is 0 Å². The third kappa shape index (κ3) is 8.96. The van der Waals surface area contributed by atoms with Gasteiger partial charge in [-0.3, -0.25) is 10.6 Å². The molecule has 8 nitrogen and oxygen atoms in total. The number of carbonyl (C=O) groups excluding carboxylic acids is 2. The van der Waals surface area contributed by atoms with Crippen LogP contribution in [0.5, 0.6) is 0 Å². The Morgan fingerprint density at radius 2 is 1.12 bits per heavy atom. The van der Waals surface area contributed by atoms with Gasteiger partial charge in [0.15, 0.2) is 0 Å². The first-order valence-electron chi connectivity index (χ1n) is 7.64. The molecule has 1 aromatic carbocycles. The fourth-order valence-corrected chi connectivity index (χ4v) is 1.59. The summed E-state index contributed by atoms with van der Waals surface area (Å²) in [5.74, 6) is 0. The lowest BCUT2D eigenvalue weighted by Gasteiger charge is -2.12. The van der Waals surface area contributed by atoms with Crippen LogP contribution in [0.1, 0.15) is 0 Å². The van der Waals surface area contributed by atoms with Crippen LogP contribution in [0.3, 0.4) is 0 Å². The van der Waals surface area contributed by atoms with Crippen molar-refractivity contribution < 1.29 is 19.1 Å². The average Bonchev–Trinajstić information content (AvgIpc) is 2.48. The molecule has 0 fully saturated rings. The van der Waals surface area contributed by atoms with Crippen LogP contribution in [0.2, 0.25) is 0 Å². The number of nitrogens with zero attached hydrogens (tertiary/aromatic N) is 2. The van der Waals surface area contributed by atoms with E-state index in [4.69, 9.17) is 9.47 Å². The number of ether oxygens (including phenoxy) is 2. The van der Waals surface area contributed by atoms with Crippen LogP contribution < -0.4 is 10.6 Å². The second kappa shape index (κ2) is 10.5. The topological polar surface area (TPSA) is 83.1 Å². The van der Waals surface area contributed by atoms with Gasteiger partial charge in [-0.25, -0.2) is 9.59 Å². The summed E-state index contributed by atoms with van der Waals surface area (Å²) >= 11 is 0. The van der Waals surface area contributed by atoms with Gasteiger partial charge in [-0.15, -0.1) is 0 Å². The number of hydrogen-bond acceptors (Lipinski definition) is 6. The van der Waals surface area contributed by atoms with E-state index in [-0.39, 0.29) is 0 Å². The molecule has 134 valence electrons. The van der Waals surface area contributed by atoms with Crippen molar-refractivity contribution in [1.82, 2.24) is 9.80 Å². The Bertz CT molecular complexity index is 470. The Morgan fingerprint density at radius 3 is 1.42 bits per heavy atom. The highest BCUT2D eigenvalue weighted by Crippen LogP contribution is 2.14. The van der Waals surface area contributed by atoms with Gasteiger partial charge in [0.2, 0.25) is 0 Å². The third-order valence-corrected chi connectivity index (χ3v) is 2.92. The van der Waals surface area contributed by atoms with E-state index in [1.807, 2.05) is 38.0 Å². The summed E-state index contributed by atoms with van der Waals surface area (Å²) in [7, 11) is 7.61. The molecule has 24 heavy (non-hydrogen) atoms. The molecule has 0 unspecified atom stereocenters. The van der Waals surface area contributed by atoms with E-state index in [2.05, 4.69) is 10.6 Å². The smallest absolute Gasteiger partial charge is 0.411 e. The van der Waals surface area contributed by atoms with Gasteiger partial charge in [0.25, 0.3) is 0 Å². The van der Waals surface area contributed by atoms with Crippen LogP contribution in [0.25, 0.3) is 0 Å². The number of likely N-dealkylation sites (N-methyl/N-ethyl adjacent to an activating group) is 2. The molecule has 0 heterocycles. The van der Waals surface area contributed by atoms with Gasteiger partial charge in [-0.05, 0) is 52.5 Å². The zero-order valence-electron chi connectivity index (χ0n) is 14.7. The van der Waals surface area contributed by atoms with Crippen molar-refractivity contribution in [3.05, 3.63) is 24.3 Å². The van der Waals surface area contributed by atoms with Gasteiger partial charge in [0.05, 0.1) is 0 Å². The van der Waals surface area contributed by atoms with Gasteiger partial charge >= 0.3 is 12.2 Å². The molecule has 0 bridgehead atoms. The maximum atomic E-state index is 11.6. The Morgan fingerprint density at radius 1 is 0.792 bits per heavy atom. The van der Waals surface area contributed by atoms with Crippen molar-refractivity contribution >= 4 is 23.6 Å². The van der Waals surface area contributed by atoms with E-state index in [1.165, 1.54) is 0 Å². The minimum Gasteiger partial charge on any atom is -0.448 e. The molecule has 0 atom stereocenters. The minimum atomic E-state index is -0.513. The van der Waals surface area contributed by atoms with Gasteiger partial charge in [-0.1, -0.05) is 0 Å². The number of rotatable bonds is 8. The van der Waals surface area contributed by atoms with E-state index in [9.17, 15) is 9.59 Å². The van der Waals surface area contributed by atoms with Gasteiger partial charge in [0.1, 0.15) is 13.2 Å². The Labute approximate surface area is 142 Å². The van der Waals surface area contributed by atoms with Crippen molar-refractivity contribution in [3.8, 4) is 0 Å². The zero-order valence-corrected chi connectivity index (χ0v) is 14.7. The molecule has 0 spiro atoms. The monoisotopic (exact) mass is 338 g/mol. The second-order valence-electron chi connectivity index (χ2n) is 5.71. The first kappa shape index (κ1) is 19.7. The Hall–Kier alpha value is -2.32. The van der Waals surface area contributed by atoms with Crippen LogP contribution in [0, 0.1) is 0 Å². The van der Waals surface area contributed by atoms with Gasteiger partial charge < -0.3 is 19.3 Å². The van der Waals surface area contributed by atoms with Crippen molar-refractivity contribution in [3.63, 3.8) is 0 Å². The maximum absolute atomic E-state index is 11.6. The van der Waals surface area contributed by atoms with Gasteiger partial charge in [-0.2, -0.15) is 0 Å². The number of nitrogens with one attached hydrogen (secondary N) is 2. The lowest BCUT2D eigenvalue weighted by Crippen LogP contribution is -2.23. The van der Waals surface area contributed by atoms with Crippen LogP contribution in [0.15, 0.2) is 24.3 Å². The van der Waals surface area contributed by atoms with Crippen LogP contribution in [-0.4, -0.2) is 76.5 Å². The van der Waals surface area contributed by atoms with E-state index in [0.717, 1.165) is 0 Å². The molecule has 2 amide bonds. The number of hydrogen-bond donors (Lipinski definition) is 2. The predicted octanol–water partition coefficient (Wildman–Crippen LogP) is 1.91. The summed E-state index contributed by atoms with van der Waals surface area (Å²) < 4.78 is 10.1. The molecule has 2 N–H and O–H groups in total. The predicted molar refractivity (Wildman–Crippen MR) is 93.5 cm³/mol. The van der Waals surface area contributed by atoms with Gasteiger partial charge in [0, 0.05) is 24.5 Å². The largest absolute Gasteiger partial charge is 0.448 e. The molecule has 1 rings (SSSR count). The van der Waals surface area contributed by atoms with Crippen molar-refractivity contribution in [2.24, 2.45) is 0 Å². The minimum absolute atomic E-state index is 0.317. The van der Waals surface area contributed by atoms with E-state index in [1.54, 1.807) is 24.3 Å². The number of amides is 2. The summed E-state index contributed by atoms with van der Waals surface area (Å²) in [6.07, 6.45) is -1.03. The molecule has 0 aliphatic carbocycles. The highest BCUT2D eigenvalue weighted by molar-refractivity contribution is 5.87. The molecule has 0 saturated carbocycles.